The molecular formula is C15H21N3O3. The van der Waals surface area contributed by atoms with Gasteiger partial charge in [-0.05, 0) is 19.3 Å². The van der Waals surface area contributed by atoms with Crippen LogP contribution in [0.5, 0.6) is 6.01 Å². The molecule has 0 bridgehead atoms. The van der Waals surface area contributed by atoms with Gasteiger partial charge in [0.15, 0.2) is 0 Å². The highest BCUT2D eigenvalue weighted by molar-refractivity contribution is 5.81. The van der Waals surface area contributed by atoms with Gasteiger partial charge in [-0.25, -0.2) is 4.98 Å². The van der Waals surface area contributed by atoms with Gasteiger partial charge in [-0.15, -0.1) is 0 Å². The molecule has 21 heavy (non-hydrogen) atoms. The van der Waals surface area contributed by atoms with Crippen molar-refractivity contribution in [3.05, 3.63) is 17.5 Å². The van der Waals surface area contributed by atoms with Crippen LogP contribution in [-0.2, 0) is 16.1 Å². The zero-order chi connectivity index (χ0) is 15.1. The zero-order valence-electron chi connectivity index (χ0n) is 12.5. The SMILES string of the molecule is CCC(C)C(=O)OCCCCOc1ncc2c(n1)C=NC2. The van der Waals surface area contributed by atoms with E-state index >= 15 is 0 Å². The van der Waals surface area contributed by atoms with Gasteiger partial charge in [-0.1, -0.05) is 13.8 Å². The molecule has 0 aliphatic carbocycles. The Balaban J connectivity index is 1.60. The minimum atomic E-state index is -0.125. The molecule has 2 rings (SSSR count). The smallest absolute Gasteiger partial charge is 0.316 e. The summed E-state index contributed by atoms with van der Waals surface area (Å²) in [5.41, 5.74) is 1.86. The molecule has 1 aromatic rings. The number of fused-ring (bicyclic) bond motifs is 1. The van der Waals surface area contributed by atoms with Gasteiger partial charge in [-0.2, -0.15) is 4.98 Å². The number of carbonyl (C=O) groups excluding carboxylic acids is 1. The number of esters is 1. The summed E-state index contributed by atoms with van der Waals surface area (Å²) in [5.74, 6) is -0.151. The van der Waals surface area contributed by atoms with E-state index in [2.05, 4.69) is 15.0 Å². The van der Waals surface area contributed by atoms with Crippen LogP contribution in [0.25, 0.3) is 0 Å². The van der Waals surface area contributed by atoms with Crippen LogP contribution < -0.4 is 4.74 Å². The van der Waals surface area contributed by atoms with Crippen LogP contribution in [0.1, 0.15) is 44.4 Å². The molecule has 0 saturated carbocycles. The van der Waals surface area contributed by atoms with E-state index in [1.54, 1.807) is 12.4 Å². The normalized spacial score (nSPS) is 13.8. The summed E-state index contributed by atoms with van der Waals surface area (Å²) in [5, 5.41) is 0. The molecule has 0 saturated heterocycles. The summed E-state index contributed by atoms with van der Waals surface area (Å²) in [6, 6.07) is 0.374. The van der Waals surface area contributed by atoms with Crippen LogP contribution in [0.2, 0.25) is 0 Å². The molecule has 0 aromatic carbocycles. The molecule has 0 amide bonds. The van der Waals surface area contributed by atoms with Gasteiger partial charge in [0.2, 0.25) is 0 Å². The fourth-order valence-electron chi connectivity index (χ4n) is 1.79. The first kappa shape index (κ1) is 15.4. The fourth-order valence-corrected chi connectivity index (χ4v) is 1.79. The van der Waals surface area contributed by atoms with Crippen LogP contribution >= 0.6 is 0 Å². The molecule has 1 aromatic heterocycles. The number of ether oxygens (including phenoxy) is 2. The van der Waals surface area contributed by atoms with Crippen molar-refractivity contribution < 1.29 is 14.3 Å². The summed E-state index contributed by atoms with van der Waals surface area (Å²) in [7, 11) is 0. The number of hydrogen-bond acceptors (Lipinski definition) is 6. The van der Waals surface area contributed by atoms with Crippen molar-refractivity contribution in [3.63, 3.8) is 0 Å². The highest BCUT2D eigenvalue weighted by Gasteiger charge is 2.11. The van der Waals surface area contributed by atoms with E-state index < -0.39 is 0 Å². The van der Waals surface area contributed by atoms with Crippen molar-refractivity contribution in [2.75, 3.05) is 13.2 Å². The van der Waals surface area contributed by atoms with Gasteiger partial charge in [0.05, 0.1) is 31.4 Å². The molecule has 6 heteroatoms. The number of nitrogens with zero attached hydrogens (tertiary/aromatic N) is 3. The number of hydrogen-bond donors (Lipinski definition) is 0. The lowest BCUT2D eigenvalue weighted by molar-refractivity contribution is -0.148. The highest BCUT2D eigenvalue weighted by Crippen LogP contribution is 2.13. The molecule has 114 valence electrons. The van der Waals surface area contributed by atoms with Crippen molar-refractivity contribution in [1.29, 1.82) is 0 Å². The standard InChI is InChI=1S/C15H21N3O3/c1-3-11(2)14(19)20-6-4-5-7-21-15-17-9-12-8-16-10-13(12)18-15/h9-11H,3-8H2,1-2H3. The lowest BCUT2D eigenvalue weighted by Crippen LogP contribution is -2.15. The quantitative estimate of drug-likeness (QED) is 0.542. The van der Waals surface area contributed by atoms with Crippen molar-refractivity contribution in [2.24, 2.45) is 10.9 Å². The number of carbonyl (C=O) groups is 1. The van der Waals surface area contributed by atoms with Gasteiger partial charge >= 0.3 is 12.0 Å². The lowest BCUT2D eigenvalue weighted by Gasteiger charge is -2.09. The lowest BCUT2D eigenvalue weighted by atomic mass is 10.1. The largest absolute Gasteiger partial charge is 0.465 e. The average molecular weight is 291 g/mol. The molecule has 1 atom stereocenters. The van der Waals surface area contributed by atoms with Gasteiger partial charge in [0.25, 0.3) is 0 Å². The first-order chi connectivity index (χ1) is 10.2. The third-order valence-corrected chi connectivity index (χ3v) is 3.38. The second-order valence-corrected chi connectivity index (χ2v) is 5.07. The Kier molecular flexibility index (Phi) is 5.66. The first-order valence-corrected chi connectivity index (χ1v) is 7.36. The van der Waals surface area contributed by atoms with Gasteiger partial charge in [0, 0.05) is 18.0 Å². The summed E-state index contributed by atoms with van der Waals surface area (Å²) >= 11 is 0. The van der Waals surface area contributed by atoms with Crippen molar-refractivity contribution in [3.8, 4) is 6.01 Å². The Morgan fingerprint density at radius 2 is 2.19 bits per heavy atom. The number of unbranched alkanes of at least 4 members (excludes halogenated alkanes) is 1. The van der Waals surface area contributed by atoms with Gasteiger partial charge < -0.3 is 9.47 Å². The van der Waals surface area contributed by atoms with Crippen LogP contribution in [-0.4, -0.2) is 35.4 Å². The Morgan fingerprint density at radius 3 is 3.00 bits per heavy atom. The van der Waals surface area contributed by atoms with E-state index in [-0.39, 0.29) is 11.9 Å². The van der Waals surface area contributed by atoms with Crippen LogP contribution in [0.4, 0.5) is 0 Å². The first-order valence-electron chi connectivity index (χ1n) is 7.36. The van der Waals surface area contributed by atoms with Gasteiger partial charge in [-0.3, -0.25) is 9.79 Å². The summed E-state index contributed by atoms with van der Waals surface area (Å²) in [6.45, 7) is 5.44. The molecule has 2 heterocycles. The van der Waals surface area contributed by atoms with E-state index in [0.29, 0.717) is 25.8 Å². The minimum Gasteiger partial charge on any atom is -0.465 e. The second kappa shape index (κ2) is 7.71. The predicted octanol–water partition coefficient (Wildman–Crippen LogP) is 2.16. The van der Waals surface area contributed by atoms with Crippen LogP contribution in [0.3, 0.4) is 0 Å². The molecule has 6 nitrogen and oxygen atoms in total. The third kappa shape index (κ3) is 4.51. The van der Waals surface area contributed by atoms with Gasteiger partial charge in [0.1, 0.15) is 0 Å². The molecule has 0 N–H and O–H groups in total. The highest BCUT2D eigenvalue weighted by atomic mass is 16.5. The Labute approximate surface area is 124 Å². The monoisotopic (exact) mass is 291 g/mol. The second-order valence-electron chi connectivity index (χ2n) is 5.07. The van der Waals surface area contributed by atoms with Crippen LogP contribution in [0, 0.1) is 5.92 Å². The molecule has 1 aliphatic rings. The summed E-state index contributed by atoms with van der Waals surface area (Å²) < 4.78 is 10.6. The number of rotatable bonds is 8. The molecule has 0 fully saturated rings. The maximum Gasteiger partial charge on any atom is 0.316 e. The summed E-state index contributed by atoms with van der Waals surface area (Å²) in [6.07, 6.45) is 5.86. The van der Waals surface area contributed by atoms with E-state index in [0.717, 1.165) is 30.5 Å². The fraction of sp³-hybridized carbons (Fsp3) is 0.600. The Hall–Kier alpha value is -1.98. The molecule has 1 aliphatic heterocycles. The van der Waals surface area contributed by atoms with E-state index in [1.807, 2.05) is 13.8 Å². The number of aliphatic imine (C=N–C) groups is 1. The third-order valence-electron chi connectivity index (χ3n) is 3.38. The maximum atomic E-state index is 11.5. The van der Waals surface area contributed by atoms with E-state index in [9.17, 15) is 4.79 Å². The average Bonchev–Trinajstić information content (AvgIpc) is 2.97. The Morgan fingerprint density at radius 1 is 1.38 bits per heavy atom. The molecule has 1 unspecified atom stereocenters. The van der Waals surface area contributed by atoms with E-state index in [1.165, 1.54) is 0 Å². The predicted molar refractivity (Wildman–Crippen MR) is 78.5 cm³/mol. The van der Waals surface area contributed by atoms with Crippen molar-refractivity contribution >= 4 is 12.2 Å². The summed E-state index contributed by atoms with van der Waals surface area (Å²) in [4.78, 5) is 24.0. The maximum absolute atomic E-state index is 11.5. The van der Waals surface area contributed by atoms with Crippen molar-refractivity contribution in [1.82, 2.24) is 9.97 Å². The Bertz CT molecular complexity index is 517. The topological polar surface area (TPSA) is 73.7 Å². The molecular weight excluding hydrogens is 270 g/mol. The molecule has 0 spiro atoms. The minimum absolute atomic E-state index is 0.0253. The number of aromatic nitrogens is 2. The molecule has 0 radical (unpaired) electrons. The van der Waals surface area contributed by atoms with Crippen molar-refractivity contribution in [2.45, 2.75) is 39.7 Å². The van der Waals surface area contributed by atoms with Crippen LogP contribution in [0.15, 0.2) is 11.2 Å². The zero-order valence-corrected chi connectivity index (χ0v) is 12.5. The van der Waals surface area contributed by atoms with E-state index in [4.69, 9.17) is 9.47 Å².